The molecule has 0 saturated heterocycles. The van der Waals surface area contributed by atoms with Crippen LogP contribution in [0.3, 0.4) is 0 Å². The van der Waals surface area contributed by atoms with Crippen molar-refractivity contribution >= 4 is 33.7 Å². The molecule has 1 aromatic carbocycles. The minimum absolute atomic E-state index is 0.0765. The number of anilines is 1. The Morgan fingerprint density at radius 3 is 2.59 bits per heavy atom. The molecular formula is C15H13N3O2S2. The zero-order valence-electron chi connectivity index (χ0n) is 12.0. The van der Waals surface area contributed by atoms with Crippen LogP contribution in [0.15, 0.2) is 41.8 Å². The molecular weight excluding hydrogens is 318 g/mol. The van der Waals surface area contributed by atoms with E-state index in [-0.39, 0.29) is 5.91 Å². The van der Waals surface area contributed by atoms with Crippen molar-refractivity contribution in [2.45, 2.75) is 0 Å². The molecule has 0 N–H and O–H groups in total. The highest BCUT2D eigenvalue weighted by molar-refractivity contribution is 7.18. The summed E-state index contributed by atoms with van der Waals surface area (Å²) in [6, 6.07) is 11.2. The smallest absolute Gasteiger partial charge is 0.269 e. The molecule has 112 valence electrons. The molecule has 3 rings (SSSR count). The van der Waals surface area contributed by atoms with Crippen molar-refractivity contribution in [3.05, 3.63) is 46.7 Å². The van der Waals surface area contributed by atoms with Gasteiger partial charge >= 0.3 is 0 Å². The summed E-state index contributed by atoms with van der Waals surface area (Å²) in [5.74, 6) is 0.714. The van der Waals surface area contributed by atoms with Crippen molar-refractivity contribution in [3.63, 3.8) is 0 Å². The van der Waals surface area contributed by atoms with E-state index in [4.69, 9.17) is 4.74 Å². The molecule has 0 aliphatic carbocycles. The van der Waals surface area contributed by atoms with E-state index in [2.05, 4.69) is 10.2 Å². The lowest BCUT2D eigenvalue weighted by molar-refractivity contribution is 0.0996. The highest BCUT2D eigenvalue weighted by atomic mass is 32.1. The van der Waals surface area contributed by atoms with Gasteiger partial charge in [-0.3, -0.25) is 9.69 Å². The second-order valence-corrected chi connectivity index (χ2v) is 6.36. The van der Waals surface area contributed by atoms with E-state index < -0.39 is 0 Å². The molecule has 0 unspecified atom stereocenters. The number of carbonyl (C=O) groups excluding carboxylic acids is 1. The highest BCUT2D eigenvalue weighted by Crippen LogP contribution is 2.30. The summed E-state index contributed by atoms with van der Waals surface area (Å²) in [7, 11) is 3.34. The van der Waals surface area contributed by atoms with Crippen LogP contribution >= 0.6 is 22.7 Å². The van der Waals surface area contributed by atoms with Crippen molar-refractivity contribution in [2.75, 3.05) is 19.1 Å². The van der Waals surface area contributed by atoms with E-state index in [0.717, 1.165) is 16.3 Å². The van der Waals surface area contributed by atoms with Crippen LogP contribution < -0.4 is 9.64 Å². The van der Waals surface area contributed by atoms with Crippen LogP contribution in [0.1, 0.15) is 9.67 Å². The second-order valence-electron chi connectivity index (χ2n) is 4.46. The Kier molecular flexibility index (Phi) is 4.17. The second kappa shape index (κ2) is 6.25. The minimum Gasteiger partial charge on any atom is -0.497 e. The molecule has 0 fully saturated rings. The van der Waals surface area contributed by atoms with E-state index in [1.54, 1.807) is 20.2 Å². The fourth-order valence-corrected chi connectivity index (χ4v) is 3.36. The summed E-state index contributed by atoms with van der Waals surface area (Å²) < 4.78 is 5.14. The maximum atomic E-state index is 12.3. The van der Waals surface area contributed by atoms with Crippen LogP contribution in [0.4, 0.5) is 5.13 Å². The third kappa shape index (κ3) is 2.86. The molecule has 0 spiro atoms. The quantitative estimate of drug-likeness (QED) is 0.733. The summed E-state index contributed by atoms with van der Waals surface area (Å²) in [4.78, 5) is 14.5. The number of hydrogen-bond acceptors (Lipinski definition) is 6. The Hall–Kier alpha value is -2.25. The average Bonchev–Trinajstić information content (AvgIpc) is 3.25. The molecule has 1 amide bonds. The van der Waals surface area contributed by atoms with Crippen LogP contribution in [0, 0.1) is 0 Å². The maximum absolute atomic E-state index is 12.3. The number of benzene rings is 1. The van der Waals surface area contributed by atoms with Crippen molar-refractivity contribution in [3.8, 4) is 16.3 Å². The Balaban J connectivity index is 1.82. The molecule has 7 heteroatoms. The van der Waals surface area contributed by atoms with Crippen molar-refractivity contribution < 1.29 is 9.53 Å². The Morgan fingerprint density at radius 2 is 1.95 bits per heavy atom. The highest BCUT2D eigenvalue weighted by Gasteiger charge is 2.18. The van der Waals surface area contributed by atoms with Gasteiger partial charge in [0, 0.05) is 12.6 Å². The van der Waals surface area contributed by atoms with Gasteiger partial charge < -0.3 is 4.74 Å². The number of methoxy groups -OCH3 is 1. The molecule has 22 heavy (non-hydrogen) atoms. The summed E-state index contributed by atoms with van der Waals surface area (Å²) >= 11 is 2.79. The number of hydrogen-bond donors (Lipinski definition) is 0. The predicted molar refractivity (Wildman–Crippen MR) is 88.9 cm³/mol. The number of carbonyl (C=O) groups is 1. The third-order valence-corrected chi connectivity index (χ3v) is 4.98. The molecule has 5 nitrogen and oxygen atoms in total. The van der Waals surface area contributed by atoms with Crippen molar-refractivity contribution in [2.24, 2.45) is 0 Å². The monoisotopic (exact) mass is 331 g/mol. The number of rotatable bonds is 4. The lowest BCUT2D eigenvalue weighted by Gasteiger charge is -2.11. The van der Waals surface area contributed by atoms with E-state index in [0.29, 0.717) is 10.0 Å². The first-order valence-corrected chi connectivity index (χ1v) is 8.18. The van der Waals surface area contributed by atoms with Crippen LogP contribution in [0.2, 0.25) is 0 Å². The Labute approximate surface area is 135 Å². The fraction of sp³-hybridized carbons (Fsp3) is 0.133. The molecule has 2 aromatic heterocycles. The SMILES string of the molecule is COc1ccc(-c2nnc(N(C)C(=O)c3cccs3)s2)cc1. The zero-order chi connectivity index (χ0) is 15.5. The van der Waals surface area contributed by atoms with Gasteiger partial charge in [-0.2, -0.15) is 0 Å². The van der Waals surface area contributed by atoms with Crippen LogP contribution in [-0.4, -0.2) is 30.3 Å². The first-order valence-electron chi connectivity index (χ1n) is 6.48. The van der Waals surface area contributed by atoms with Gasteiger partial charge in [-0.15, -0.1) is 21.5 Å². The topological polar surface area (TPSA) is 55.3 Å². The van der Waals surface area contributed by atoms with Crippen molar-refractivity contribution in [1.29, 1.82) is 0 Å². The normalized spacial score (nSPS) is 10.5. The summed E-state index contributed by atoms with van der Waals surface area (Å²) in [6.45, 7) is 0. The first kappa shape index (κ1) is 14.7. The molecule has 0 saturated carbocycles. The van der Waals surface area contributed by atoms with Crippen LogP contribution in [-0.2, 0) is 0 Å². The third-order valence-electron chi connectivity index (χ3n) is 3.07. The molecule has 3 aromatic rings. The minimum atomic E-state index is -0.0765. The van der Waals surface area contributed by atoms with Gasteiger partial charge in [0.1, 0.15) is 10.8 Å². The largest absolute Gasteiger partial charge is 0.497 e. The van der Waals surface area contributed by atoms with E-state index in [9.17, 15) is 4.79 Å². The Bertz CT molecular complexity index is 766. The Morgan fingerprint density at radius 1 is 1.18 bits per heavy atom. The van der Waals surface area contributed by atoms with Gasteiger partial charge in [-0.05, 0) is 35.7 Å². The van der Waals surface area contributed by atoms with Crippen molar-refractivity contribution in [1.82, 2.24) is 10.2 Å². The van der Waals surface area contributed by atoms with Crippen LogP contribution in [0.25, 0.3) is 10.6 Å². The zero-order valence-corrected chi connectivity index (χ0v) is 13.6. The molecule has 0 aliphatic rings. The van der Waals surface area contributed by atoms with Gasteiger partial charge in [0.2, 0.25) is 5.13 Å². The lowest BCUT2D eigenvalue weighted by Crippen LogP contribution is -2.25. The number of amides is 1. The molecule has 2 heterocycles. The predicted octanol–water partition coefficient (Wildman–Crippen LogP) is 3.55. The molecule has 0 atom stereocenters. The summed E-state index contributed by atoms with van der Waals surface area (Å²) in [5, 5.41) is 11.5. The van der Waals surface area contributed by atoms with Gasteiger partial charge in [0.15, 0.2) is 0 Å². The number of aromatic nitrogens is 2. The number of nitrogens with zero attached hydrogens (tertiary/aromatic N) is 3. The molecule has 0 bridgehead atoms. The summed E-state index contributed by atoms with van der Waals surface area (Å²) in [6.07, 6.45) is 0. The lowest BCUT2D eigenvalue weighted by atomic mass is 10.2. The van der Waals surface area contributed by atoms with E-state index >= 15 is 0 Å². The number of ether oxygens (including phenoxy) is 1. The maximum Gasteiger partial charge on any atom is 0.269 e. The summed E-state index contributed by atoms with van der Waals surface area (Å²) in [5.41, 5.74) is 0.946. The molecule has 0 radical (unpaired) electrons. The standard InChI is InChI=1S/C15H13N3O2S2/c1-18(14(19)12-4-3-9-21-12)15-17-16-13(22-15)10-5-7-11(20-2)8-6-10/h3-9H,1-2H3. The first-order chi connectivity index (χ1) is 10.7. The van der Waals surface area contributed by atoms with Gasteiger partial charge in [-0.1, -0.05) is 17.4 Å². The fourth-order valence-electron chi connectivity index (χ4n) is 1.85. The van der Waals surface area contributed by atoms with E-state index in [1.807, 2.05) is 35.7 Å². The van der Waals surface area contributed by atoms with Gasteiger partial charge in [0.05, 0.1) is 12.0 Å². The molecule has 0 aliphatic heterocycles. The number of thiophene rings is 1. The van der Waals surface area contributed by atoms with E-state index in [1.165, 1.54) is 27.6 Å². The average molecular weight is 331 g/mol. The van der Waals surface area contributed by atoms with Crippen LogP contribution in [0.5, 0.6) is 5.75 Å². The van der Waals surface area contributed by atoms with Gasteiger partial charge in [-0.25, -0.2) is 0 Å². The van der Waals surface area contributed by atoms with Gasteiger partial charge in [0.25, 0.3) is 5.91 Å².